The lowest BCUT2D eigenvalue weighted by atomic mass is 10.0. The summed E-state index contributed by atoms with van der Waals surface area (Å²) in [5.41, 5.74) is 9.08. The van der Waals surface area contributed by atoms with Crippen LogP contribution in [-0.4, -0.2) is 26.4 Å². The van der Waals surface area contributed by atoms with E-state index >= 15 is 0 Å². The molecule has 0 atom stereocenters. The van der Waals surface area contributed by atoms with E-state index in [4.69, 9.17) is 24.0 Å². The maximum Gasteiger partial charge on any atom is 0.336 e. The summed E-state index contributed by atoms with van der Waals surface area (Å²) in [6.07, 6.45) is 0. The lowest BCUT2D eigenvalue weighted by Crippen LogP contribution is -2.11. The fourth-order valence-corrected chi connectivity index (χ4v) is 2.96. The number of fused-ring (bicyclic) bond motifs is 2. The molecule has 0 aliphatic rings. The van der Waals surface area contributed by atoms with Crippen LogP contribution in [0.3, 0.4) is 0 Å². The van der Waals surface area contributed by atoms with E-state index < -0.39 is 0 Å². The van der Waals surface area contributed by atoms with Crippen molar-refractivity contribution in [3.63, 3.8) is 0 Å². The Morgan fingerprint density at radius 1 is 0.920 bits per heavy atom. The summed E-state index contributed by atoms with van der Waals surface area (Å²) in [5.74, 6) is 0.771. The Balaban J connectivity index is 1.91. The highest BCUT2D eigenvalue weighted by atomic mass is 16.5. The van der Waals surface area contributed by atoms with Gasteiger partial charge in [-0.1, -0.05) is 0 Å². The molecule has 0 saturated carbocycles. The van der Waals surface area contributed by atoms with E-state index in [1.807, 2.05) is 26.8 Å². The van der Waals surface area contributed by atoms with Crippen molar-refractivity contribution in [2.24, 2.45) is 5.73 Å². The average molecular weight is 345 g/mol. The van der Waals surface area contributed by atoms with Gasteiger partial charge in [0.25, 0.3) is 0 Å². The normalized spacial score (nSPS) is 11.7. The minimum absolute atomic E-state index is 0.350. The van der Waals surface area contributed by atoms with Gasteiger partial charge >= 0.3 is 5.63 Å². The van der Waals surface area contributed by atoms with Crippen LogP contribution in [0, 0.1) is 20.8 Å². The van der Waals surface area contributed by atoms with Crippen LogP contribution in [0.2, 0.25) is 0 Å². The fraction of sp³-hybridized carbons (Fsp3) is 0.421. The standard InChI is InChI=1S/C19H23NO5/c1-11-8-17(21)25-18-13(3)19-15(9-14(11)18)12(2)16(24-19)10-23-7-6-22-5-4-20/h8-9H,4-7,10,20H2,1-3H3. The first-order chi connectivity index (χ1) is 12.0. The maximum atomic E-state index is 11.7. The molecule has 3 aromatic rings. The lowest BCUT2D eigenvalue weighted by molar-refractivity contribution is 0.0375. The zero-order chi connectivity index (χ0) is 18.0. The highest BCUT2D eigenvalue weighted by Gasteiger charge is 2.17. The second kappa shape index (κ2) is 7.39. The van der Waals surface area contributed by atoms with Gasteiger partial charge in [0.2, 0.25) is 0 Å². The monoisotopic (exact) mass is 345 g/mol. The van der Waals surface area contributed by atoms with E-state index in [0.717, 1.165) is 38.8 Å². The average Bonchev–Trinajstić information content (AvgIpc) is 2.89. The third-order valence-electron chi connectivity index (χ3n) is 4.34. The van der Waals surface area contributed by atoms with Crippen molar-refractivity contribution in [1.29, 1.82) is 0 Å². The van der Waals surface area contributed by atoms with E-state index in [2.05, 4.69) is 0 Å². The van der Waals surface area contributed by atoms with E-state index in [1.165, 1.54) is 6.07 Å². The zero-order valence-electron chi connectivity index (χ0n) is 14.8. The number of ether oxygens (including phenoxy) is 2. The molecule has 6 heteroatoms. The molecule has 2 heterocycles. The molecule has 0 bridgehead atoms. The molecule has 6 nitrogen and oxygen atoms in total. The molecule has 0 unspecified atom stereocenters. The van der Waals surface area contributed by atoms with Crippen LogP contribution in [-0.2, 0) is 16.1 Å². The molecule has 0 aliphatic heterocycles. The maximum absolute atomic E-state index is 11.7. The second-order valence-corrected chi connectivity index (χ2v) is 6.11. The molecule has 0 aliphatic carbocycles. The number of nitrogens with two attached hydrogens (primary N) is 1. The van der Waals surface area contributed by atoms with Crippen molar-refractivity contribution in [1.82, 2.24) is 0 Å². The third kappa shape index (κ3) is 3.46. The topological polar surface area (TPSA) is 87.8 Å². The number of aryl methyl sites for hydroxylation is 3. The van der Waals surface area contributed by atoms with E-state index in [-0.39, 0.29) is 5.63 Å². The predicted octanol–water partition coefficient (Wildman–Crippen LogP) is 2.96. The summed E-state index contributed by atoms with van der Waals surface area (Å²) >= 11 is 0. The van der Waals surface area contributed by atoms with Crippen LogP contribution in [0.4, 0.5) is 0 Å². The molecule has 25 heavy (non-hydrogen) atoms. The lowest BCUT2D eigenvalue weighted by Gasteiger charge is -2.04. The summed E-state index contributed by atoms with van der Waals surface area (Å²) in [7, 11) is 0. The molecule has 3 rings (SSSR count). The molecule has 0 amide bonds. The van der Waals surface area contributed by atoms with Crippen molar-refractivity contribution < 1.29 is 18.3 Å². The quantitative estimate of drug-likeness (QED) is 0.523. The summed E-state index contributed by atoms with van der Waals surface area (Å²) in [5, 5.41) is 1.94. The molecule has 0 saturated heterocycles. The van der Waals surface area contributed by atoms with Gasteiger partial charge in [-0.05, 0) is 32.4 Å². The van der Waals surface area contributed by atoms with E-state index in [9.17, 15) is 4.79 Å². The van der Waals surface area contributed by atoms with Crippen LogP contribution in [0.15, 0.2) is 25.8 Å². The number of hydrogen-bond acceptors (Lipinski definition) is 6. The summed E-state index contributed by atoms with van der Waals surface area (Å²) in [6, 6.07) is 3.52. The molecule has 2 aromatic heterocycles. The molecular formula is C19H23NO5. The largest absolute Gasteiger partial charge is 0.458 e. The first-order valence-corrected chi connectivity index (χ1v) is 8.34. The number of benzene rings is 1. The van der Waals surface area contributed by atoms with Gasteiger partial charge in [-0.25, -0.2) is 4.79 Å². The minimum Gasteiger partial charge on any atom is -0.458 e. The fourth-order valence-electron chi connectivity index (χ4n) is 2.96. The first kappa shape index (κ1) is 17.7. The Kier molecular flexibility index (Phi) is 5.22. The highest BCUT2D eigenvalue weighted by Crippen LogP contribution is 2.34. The van der Waals surface area contributed by atoms with Crippen molar-refractivity contribution in [3.8, 4) is 0 Å². The first-order valence-electron chi connectivity index (χ1n) is 8.34. The molecular weight excluding hydrogens is 322 g/mol. The molecule has 1 aromatic carbocycles. The highest BCUT2D eigenvalue weighted by molar-refractivity contribution is 5.99. The summed E-state index contributed by atoms with van der Waals surface area (Å²) < 4.78 is 22.3. The Morgan fingerprint density at radius 2 is 1.64 bits per heavy atom. The van der Waals surface area contributed by atoms with Crippen molar-refractivity contribution in [2.45, 2.75) is 27.4 Å². The van der Waals surface area contributed by atoms with Gasteiger partial charge in [0.05, 0.1) is 19.8 Å². The summed E-state index contributed by atoms with van der Waals surface area (Å²) in [6.45, 7) is 8.20. The number of hydrogen-bond donors (Lipinski definition) is 1. The van der Waals surface area contributed by atoms with Gasteiger partial charge in [0.1, 0.15) is 23.5 Å². The van der Waals surface area contributed by atoms with E-state index in [0.29, 0.717) is 38.6 Å². The van der Waals surface area contributed by atoms with Gasteiger partial charge in [0.15, 0.2) is 0 Å². The van der Waals surface area contributed by atoms with Gasteiger partial charge in [-0.3, -0.25) is 0 Å². The Morgan fingerprint density at radius 3 is 2.40 bits per heavy atom. The Bertz CT molecular complexity index is 954. The molecule has 134 valence electrons. The summed E-state index contributed by atoms with van der Waals surface area (Å²) in [4.78, 5) is 11.7. The SMILES string of the molecule is Cc1cc(=O)oc2c(C)c3oc(COCCOCCN)c(C)c3cc12. The van der Waals surface area contributed by atoms with Crippen LogP contribution >= 0.6 is 0 Å². The third-order valence-corrected chi connectivity index (χ3v) is 4.34. The van der Waals surface area contributed by atoms with Crippen LogP contribution < -0.4 is 11.4 Å². The molecule has 0 fully saturated rings. The van der Waals surface area contributed by atoms with Gasteiger partial charge in [-0.2, -0.15) is 0 Å². The van der Waals surface area contributed by atoms with Gasteiger partial charge in [0, 0.05) is 34.5 Å². The van der Waals surface area contributed by atoms with Crippen molar-refractivity contribution >= 4 is 21.9 Å². The number of rotatable bonds is 7. The second-order valence-electron chi connectivity index (χ2n) is 6.11. The van der Waals surface area contributed by atoms with Crippen LogP contribution in [0.1, 0.15) is 22.5 Å². The minimum atomic E-state index is -0.350. The van der Waals surface area contributed by atoms with Gasteiger partial charge < -0.3 is 24.0 Å². The zero-order valence-corrected chi connectivity index (χ0v) is 14.8. The number of furan rings is 1. The van der Waals surface area contributed by atoms with Crippen molar-refractivity contribution in [3.05, 3.63) is 45.0 Å². The van der Waals surface area contributed by atoms with Crippen molar-refractivity contribution in [2.75, 3.05) is 26.4 Å². The Labute approximate surface area is 145 Å². The van der Waals surface area contributed by atoms with E-state index in [1.54, 1.807) is 0 Å². The van der Waals surface area contributed by atoms with Crippen LogP contribution in [0.25, 0.3) is 21.9 Å². The van der Waals surface area contributed by atoms with Gasteiger partial charge in [-0.15, -0.1) is 0 Å². The molecule has 0 radical (unpaired) electrons. The smallest absolute Gasteiger partial charge is 0.336 e. The molecule has 0 spiro atoms. The predicted molar refractivity (Wildman–Crippen MR) is 96.0 cm³/mol. The Hall–Kier alpha value is -2.15. The van der Waals surface area contributed by atoms with Crippen LogP contribution in [0.5, 0.6) is 0 Å². The molecule has 2 N–H and O–H groups in total.